The topological polar surface area (TPSA) is 25.8 Å². The molecule has 5 aromatic carbocycles. The molecule has 42 heavy (non-hydrogen) atoms. The zero-order valence-electron chi connectivity index (χ0n) is 24.0. The number of rotatable bonds is 6. The SMILES string of the molecule is Cc1cccc(Cc2cc(-c3ccccc3)c3ccc4c(-c5ccccc5)cc(Cc5cccc(C)c5)nc4c3n2)c1. The minimum atomic E-state index is 0.766. The van der Waals surface area contributed by atoms with Crippen LogP contribution in [-0.2, 0) is 12.8 Å². The van der Waals surface area contributed by atoms with Crippen LogP contribution in [0.3, 0.4) is 0 Å². The maximum atomic E-state index is 5.35. The van der Waals surface area contributed by atoms with E-state index >= 15 is 0 Å². The van der Waals surface area contributed by atoms with Crippen molar-refractivity contribution in [3.63, 3.8) is 0 Å². The molecule has 0 N–H and O–H groups in total. The van der Waals surface area contributed by atoms with Gasteiger partial charge in [-0.25, -0.2) is 0 Å². The van der Waals surface area contributed by atoms with E-state index in [1.54, 1.807) is 0 Å². The lowest BCUT2D eigenvalue weighted by Gasteiger charge is -2.15. The molecule has 0 atom stereocenters. The highest BCUT2D eigenvalue weighted by Gasteiger charge is 2.16. The summed E-state index contributed by atoms with van der Waals surface area (Å²) in [6.07, 6.45) is 1.53. The first kappa shape index (κ1) is 25.9. The average Bonchev–Trinajstić information content (AvgIpc) is 3.01. The van der Waals surface area contributed by atoms with E-state index < -0.39 is 0 Å². The van der Waals surface area contributed by atoms with Crippen LogP contribution in [0.1, 0.15) is 33.6 Å². The Kier molecular flexibility index (Phi) is 6.81. The Morgan fingerprint density at radius 2 is 0.857 bits per heavy atom. The second-order valence-electron chi connectivity index (χ2n) is 11.2. The maximum absolute atomic E-state index is 5.35. The standard InChI is InChI=1S/C40H32N2/c1-27-11-9-13-29(21-27)23-33-25-37(31-15-5-3-6-16-31)35-19-20-36-38(32-17-7-4-8-18-32)26-34(42-40(36)39(35)41-33)24-30-14-10-12-28(2)22-30/h3-22,25-26H,23-24H2,1-2H3. The quantitative estimate of drug-likeness (QED) is 0.196. The summed E-state index contributed by atoms with van der Waals surface area (Å²) in [7, 11) is 0. The van der Waals surface area contributed by atoms with Gasteiger partial charge in [-0.05, 0) is 59.4 Å². The van der Waals surface area contributed by atoms with Crippen LogP contribution in [-0.4, -0.2) is 9.97 Å². The number of aryl methyl sites for hydroxylation is 2. The van der Waals surface area contributed by atoms with Gasteiger partial charge in [-0.1, -0.05) is 132 Å². The smallest absolute Gasteiger partial charge is 0.0974 e. The van der Waals surface area contributed by atoms with Crippen molar-refractivity contribution in [2.45, 2.75) is 26.7 Å². The maximum Gasteiger partial charge on any atom is 0.0974 e. The Bertz CT molecular complexity index is 1890. The number of benzene rings is 5. The van der Waals surface area contributed by atoms with Crippen LogP contribution in [0.2, 0.25) is 0 Å². The third-order valence-corrected chi connectivity index (χ3v) is 7.97. The molecule has 0 saturated carbocycles. The summed E-state index contributed by atoms with van der Waals surface area (Å²) in [4.78, 5) is 10.7. The van der Waals surface area contributed by atoms with E-state index in [4.69, 9.17) is 9.97 Å². The highest BCUT2D eigenvalue weighted by Crippen LogP contribution is 2.37. The molecule has 7 rings (SSSR count). The van der Waals surface area contributed by atoms with Gasteiger partial charge in [0.15, 0.2) is 0 Å². The lowest BCUT2D eigenvalue weighted by molar-refractivity contribution is 1.08. The van der Waals surface area contributed by atoms with Crippen molar-refractivity contribution in [2.75, 3.05) is 0 Å². The van der Waals surface area contributed by atoms with Crippen LogP contribution in [0.4, 0.5) is 0 Å². The molecule has 2 nitrogen and oxygen atoms in total. The molecule has 0 radical (unpaired) electrons. The molecule has 0 amide bonds. The largest absolute Gasteiger partial charge is 0.250 e. The summed E-state index contributed by atoms with van der Waals surface area (Å²) >= 11 is 0. The predicted molar refractivity (Wildman–Crippen MR) is 176 cm³/mol. The predicted octanol–water partition coefficient (Wildman–Crippen LogP) is 9.92. The molecule has 2 aromatic heterocycles. The molecule has 202 valence electrons. The van der Waals surface area contributed by atoms with E-state index in [2.05, 4.69) is 147 Å². The molecule has 0 fully saturated rings. The Balaban J connectivity index is 1.50. The third kappa shape index (κ3) is 5.20. The molecule has 0 aliphatic heterocycles. The summed E-state index contributed by atoms with van der Waals surface area (Å²) in [6.45, 7) is 4.29. The summed E-state index contributed by atoms with van der Waals surface area (Å²) in [6, 6.07) is 47.7. The number of nitrogens with zero attached hydrogens (tertiary/aromatic N) is 2. The van der Waals surface area contributed by atoms with Gasteiger partial charge < -0.3 is 0 Å². The first-order valence-corrected chi connectivity index (χ1v) is 14.6. The van der Waals surface area contributed by atoms with Gasteiger partial charge in [-0.3, -0.25) is 9.97 Å². The zero-order valence-corrected chi connectivity index (χ0v) is 24.0. The second kappa shape index (κ2) is 11.1. The van der Waals surface area contributed by atoms with Crippen molar-refractivity contribution in [1.29, 1.82) is 0 Å². The molecular weight excluding hydrogens is 508 g/mol. The Morgan fingerprint density at radius 1 is 0.429 bits per heavy atom. The van der Waals surface area contributed by atoms with Gasteiger partial charge in [0.25, 0.3) is 0 Å². The second-order valence-corrected chi connectivity index (χ2v) is 11.2. The molecule has 2 heteroatoms. The highest BCUT2D eigenvalue weighted by atomic mass is 14.8. The Morgan fingerprint density at radius 3 is 1.26 bits per heavy atom. The molecule has 0 bridgehead atoms. The third-order valence-electron chi connectivity index (χ3n) is 7.97. The lowest BCUT2D eigenvalue weighted by Crippen LogP contribution is -2.00. The van der Waals surface area contributed by atoms with Crippen LogP contribution < -0.4 is 0 Å². The first-order chi connectivity index (χ1) is 20.6. The molecule has 0 unspecified atom stereocenters. The molecule has 0 aliphatic rings. The fraction of sp³-hybridized carbons (Fsp3) is 0.100. The molecular formula is C40H32N2. The van der Waals surface area contributed by atoms with Gasteiger partial charge >= 0.3 is 0 Å². The molecule has 2 heterocycles. The van der Waals surface area contributed by atoms with E-state index in [1.807, 2.05) is 0 Å². The number of fused-ring (bicyclic) bond motifs is 3. The Labute approximate surface area is 247 Å². The van der Waals surface area contributed by atoms with Crippen LogP contribution in [0, 0.1) is 13.8 Å². The fourth-order valence-corrected chi connectivity index (χ4v) is 6.04. The number of aromatic nitrogens is 2. The molecule has 7 aromatic rings. The summed E-state index contributed by atoms with van der Waals surface area (Å²) in [5.41, 5.74) is 13.8. The van der Waals surface area contributed by atoms with E-state index in [-0.39, 0.29) is 0 Å². The van der Waals surface area contributed by atoms with Gasteiger partial charge in [0.05, 0.1) is 11.0 Å². The van der Waals surface area contributed by atoms with Crippen molar-refractivity contribution in [2.24, 2.45) is 0 Å². The molecule has 0 spiro atoms. The molecule has 0 aliphatic carbocycles. The van der Waals surface area contributed by atoms with Gasteiger partial charge in [-0.2, -0.15) is 0 Å². The van der Waals surface area contributed by atoms with Gasteiger partial charge in [0.1, 0.15) is 0 Å². The zero-order chi connectivity index (χ0) is 28.5. The summed E-state index contributed by atoms with van der Waals surface area (Å²) in [5, 5.41) is 2.25. The van der Waals surface area contributed by atoms with Crippen molar-refractivity contribution < 1.29 is 0 Å². The monoisotopic (exact) mass is 540 g/mol. The minimum absolute atomic E-state index is 0.766. The fourth-order valence-electron chi connectivity index (χ4n) is 6.04. The van der Waals surface area contributed by atoms with E-state index in [0.717, 1.165) is 46.0 Å². The van der Waals surface area contributed by atoms with Gasteiger partial charge in [0, 0.05) is 35.0 Å². The number of hydrogen-bond acceptors (Lipinski definition) is 2. The highest BCUT2D eigenvalue weighted by molar-refractivity contribution is 6.12. The van der Waals surface area contributed by atoms with E-state index in [1.165, 1.54) is 44.5 Å². The van der Waals surface area contributed by atoms with Crippen LogP contribution in [0.5, 0.6) is 0 Å². The number of hydrogen-bond donors (Lipinski definition) is 0. The van der Waals surface area contributed by atoms with Crippen LogP contribution in [0.15, 0.2) is 133 Å². The number of pyridine rings is 2. The lowest BCUT2D eigenvalue weighted by atomic mass is 9.94. The van der Waals surface area contributed by atoms with E-state index in [0.29, 0.717) is 0 Å². The van der Waals surface area contributed by atoms with Gasteiger partial charge in [0.2, 0.25) is 0 Å². The summed E-state index contributed by atoms with van der Waals surface area (Å²) < 4.78 is 0. The van der Waals surface area contributed by atoms with Crippen LogP contribution >= 0.6 is 0 Å². The normalized spacial score (nSPS) is 11.3. The van der Waals surface area contributed by atoms with E-state index in [9.17, 15) is 0 Å². The first-order valence-electron chi connectivity index (χ1n) is 14.6. The minimum Gasteiger partial charge on any atom is -0.250 e. The Hall–Kier alpha value is -5.08. The van der Waals surface area contributed by atoms with Gasteiger partial charge in [-0.15, -0.1) is 0 Å². The molecule has 0 saturated heterocycles. The van der Waals surface area contributed by atoms with Crippen molar-refractivity contribution in [1.82, 2.24) is 9.97 Å². The summed E-state index contributed by atoms with van der Waals surface area (Å²) in [5.74, 6) is 0. The van der Waals surface area contributed by atoms with Crippen molar-refractivity contribution in [3.05, 3.63) is 167 Å². The van der Waals surface area contributed by atoms with Crippen LogP contribution in [0.25, 0.3) is 44.1 Å². The average molecular weight is 541 g/mol. The van der Waals surface area contributed by atoms with Crippen molar-refractivity contribution >= 4 is 21.8 Å². The van der Waals surface area contributed by atoms with Crippen molar-refractivity contribution in [3.8, 4) is 22.3 Å².